The smallest absolute Gasteiger partial charge is 0.183 e. The Bertz CT molecular complexity index is 652. The van der Waals surface area contributed by atoms with Crippen LogP contribution >= 0.6 is 0 Å². The fourth-order valence-electron chi connectivity index (χ4n) is 1.73. The van der Waals surface area contributed by atoms with Gasteiger partial charge in [0.2, 0.25) is 0 Å². The Morgan fingerprint density at radius 2 is 2.00 bits per heavy atom. The molecule has 2 aromatic heterocycles. The summed E-state index contributed by atoms with van der Waals surface area (Å²) in [5.74, 6) is 0.694. The molecule has 17 heavy (non-hydrogen) atoms. The molecule has 0 aliphatic carbocycles. The molecular formula is C11H11N5O. The van der Waals surface area contributed by atoms with Crippen LogP contribution in [0.2, 0.25) is 0 Å². The van der Waals surface area contributed by atoms with Gasteiger partial charge in [0.15, 0.2) is 11.5 Å². The molecule has 6 heteroatoms. The minimum Gasteiger partial charge on any atom is -0.399 e. The maximum Gasteiger partial charge on any atom is 0.183 e. The Balaban J connectivity index is 2.16. The first-order valence-electron chi connectivity index (χ1n) is 5.18. The van der Waals surface area contributed by atoms with Crippen molar-refractivity contribution in [3.05, 3.63) is 36.0 Å². The van der Waals surface area contributed by atoms with Crippen molar-refractivity contribution in [2.45, 2.75) is 6.61 Å². The highest BCUT2D eigenvalue weighted by Crippen LogP contribution is 2.19. The van der Waals surface area contributed by atoms with Gasteiger partial charge in [-0.1, -0.05) is 0 Å². The monoisotopic (exact) mass is 229 g/mol. The van der Waals surface area contributed by atoms with Gasteiger partial charge in [0.05, 0.1) is 12.3 Å². The molecule has 6 nitrogen and oxygen atoms in total. The van der Waals surface area contributed by atoms with Crippen LogP contribution in [0.3, 0.4) is 0 Å². The molecule has 3 aromatic rings. The van der Waals surface area contributed by atoms with Gasteiger partial charge < -0.3 is 10.8 Å². The fourth-order valence-corrected chi connectivity index (χ4v) is 1.73. The van der Waals surface area contributed by atoms with Crippen LogP contribution in [0.1, 0.15) is 5.69 Å². The Morgan fingerprint density at radius 1 is 1.24 bits per heavy atom. The van der Waals surface area contributed by atoms with E-state index in [1.165, 1.54) is 0 Å². The van der Waals surface area contributed by atoms with Crippen LogP contribution < -0.4 is 5.73 Å². The Morgan fingerprint density at radius 3 is 2.71 bits per heavy atom. The van der Waals surface area contributed by atoms with Gasteiger partial charge in [-0.25, -0.2) is 4.52 Å². The third kappa shape index (κ3) is 1.55. The number of benzene rings is 1. The van der Waals surface area contributed by atoms with Gasteiger partial charge in [-0.15, -0.1) is 10.2 Å². The molecule has 86 valence electrons. The van der Waals surface area contributed by atoms with Crippen molar-refractivity contribution in [1.29, 1.82) is 0 Å². The van der Waals surface area contributed by atoms with Gasteiger partial charge in [-0.2, -0.15) is 0 Å². The van der Waals surface area contributed by atoms with E-state index < -0.39 is 0 Å². The molecule has 0 atom stereocenters. The quantitative estimate of drug-likeness (QED) is 0.567. The molecule has 0 saturated carbocycles. The lowest BCUT2D eigenvalue weighted by Gasteiger charge is -1.98. The highest BCUT2D eigenvalue weighted by Gasteiger charge is 2.10. The summed E-state index contributed by atoms with van der Waals surface area (Å²) in [6, 6.07) is 9.14. The third-order valence-electron chi connectivity index (χ3n) is 2.59. The van der Waals surface area contributed by atoms with Crippen LogP contribution in [0.5, 0.6) is 0 Å². The summed E-state index contributed by atoms with van der Waals surface area (Å²) in [5.41, 5.74) is 8.64. The topological polar surface area (TPSA) is 92.2 Å². The zero-order chi connectivity index (χ0) is 11.8. The van der Waals surface area contributed by atoms with E-state index in [9.17, 15) is 0 Å². The number of nitrogens with one attached hydrogen (secondary N) is 1. The minimum atomic E-state index is -0.0511. The molecule has 0 fully saturated rings. The maximum atomic E-state index is 9.05. The molecule has 1 aromatic carbocycles. The summed E-state index contributed by atoms with van der Waals surface area (Å²) in [5, 5.41) is 20.2. The number of hydrogen-bond acceptors (Lipinski definition) is 4. The molecule has 0 saturated heterocycles. The number of hydrogen-bond donors (Lipinski definition) is 3. The zero-order valence-electron chi connectivity index (χ0n) is 8.96. The van der Waals surface area contributed by atoms with E-state index in [0.29, 0.717) is 22.9 Å². The van der Waals surface area contributed by atoms with Crippen molar-refractivity contribution in [2.75, 3.05) is 5.73 Å². The number of fused-ring (bicyclic) bond motifs is 1. The predicted molar refractivity (Wildman–Crippen MR) is 63.1 cm³/mol. The van der Waals surface area contributed by atoms with E-state index in [2.05, 4.69) is 15.3 Å². The van der Waals surface area contributed by atoms with Crippen molar-refractivity contribution in [3.63, 3.8) is 0 Å². The lowest BCUT2D eigenvalue weighted by Crippen LogP contribution is -1.93. The summed E-state index contributed by atoms with van der Waals surface area (Å²) in [4.78, 5) is 0. The first kappa shape index (κ1) is 9.86. The number of nitrogens with two attached hydrogens (primary N) is 1. The molecular weight excluding hydrogens is 218 g/mol. The second kappa shape index (κ2) is 3.60. The number of anilines is 1. The van der Waals surface area contributed by atoms with Gasteiger partial charge in [0.1, 0.15) is 0 Å². The molecule has 3 rings (SSSR count). The van der Waals surface area contributed by atoms with E-state index >= 15 is 0 Å². The number of aliphatic hydroxyl groups is 1. The first-order valence-corrected chi connectivity index (χ1v) is 5.18. The lowest BCUT2D eigenvalue weighted by atomic mass is 10.2. The Labute approximate surface area is 96.7 Å². The summed E-state index contributed by atoms with van der Waals surface area (Å²) in [6.45, 7) is -0.0511. The van der Waals surface area contributed by atoms with E-state index in [1.807, 2.05) is 24.3 Å². The van der Waals surface area contributed by atoms with Crippen molar-refractivity contribution in [1.82, 2.24) is 19.8 Å². The molecule has 0 aliphatic rings. The van der Waals surface area contributed by atoms with Crippen molar-refractivity contribution >= 4 is 11.3 Å². The number of aliphatic hydroxyl groups excluding tert-OH is 1. The number of H-pyrrole nitrogens is 1. The minimum absolute atomic E-state index is 0.0511. The van der Waals surface area contributed by atoms with Crippen LogP contribution in [0.15, 0.2) is 30.3 Å². The number of nitrogens with zero attached hydrogens (tertiary/aromatic N) is 3. The average Bonchev–Trinajstić information content (AvgIpc) is 2.89. The molecule has 4 N–H and O–H groups in total. The maximum absolute atomic E-state index is 9.05. The molecule has 0 unspecified atom stereocenters. The molecule has 0 radical (unpaired) electrons. The summed E-state index contributed by atoms with van der Waals surface area (Å²) in [7, 11) is 0. The molecule has 2 heterocycles. The van der Waals surface area contributed by atoms with Gasteiger partial charge in [0, 0.05) is 17.3 Å². The first-order chi connectivity index (χ1) is 8.28. The zero-order valence-corrected chi connectivity index (χ0v) is 8.96. The predicted octanol–water partition coefficient (Wildman–Crippen LogP) is 0.799. The Hall–Kier alpha value is -2.34. The summed E-state index contributed by atoms with van der Waals surface area (Å²) < 4.78 is 1.73. The number of aromatic nitrogens is 4. The molecule has 0 aliphatic heterocycles. The summed E-state index contributed by atoms with van der Waals surface area (Å²) in [6.07, 6.45) is 0. The SMILES string of the molecule is Nc1ccc(-c2nnc3cc(CO)[nH]n23)cc1. The van der Waals surface area contributed by atoms with Crippen LogP contribution in [0, 0.1) is 0 Å². The molecule has 0 amide bonds. The summed E-state index contributed by atoms with van der Waals surface area (Å²) >= 11 is 0. The van der Waals surface area contributed by atoms with Crippen molar-refractivity contribution in [2.24, 2.45) is 0 Å². The highest BCUT2D eigenvalue weighted by atomic mass is 16.3. The van der Waals surface area contributed by atoms with Crippen molar-refractivity contribution < 1.29 is 5.11 Å². The number of rotatable bonds is 2. The second-order valence-electron chi connectivity index (χ2n) is 3.78. The molecule has 0 spiro atoms. The number of aromatic amines is 1. The van der Waals surface area contributed by atoms with Crippen LogP contribution in [-0.4, -0.2) is 24.9 Å². The highest BCUT2D eigenvalue weighted by molar-refractivity contribution is 5.61. The second-order valence-corrected chi connectivity index (χ2v) is 3.78. The van der Waals surface area contributed by atoms with E-state index in [1.54, 1.807) is 10.6 Å². The van der Waals surface area contributed by atoms with Crippen LogP contribution in [0.4, 0.5) is 5.69 Å². The fraction of sp³-hybridized carbons (Fsp3) is 0.0909. The van der Waals surface area contributed by atoms with E-state index in [-0.39, 0.29) is 6.61 Å². The van der Waals surface area contributed by atoms with Crippen LogP contribution in [-0.2, 0) is 6.61 Å². The van der Waals surface area contributed by atoms with Gasteiger partial charge in [-0.3, -0.25) is 5.10 Å². The largest absolute Gasteiger partial charge is 0.399 e. The number of nitrogen functional groups attached to an aromatic ring is 1. The Kier molecular flexibility index (Phi) is 2.09. The molecule has 0 bridgehead atoms. The third-order valence-corrected chi connectivity index (χ3v) is 2.59. The standard InChI is InChI=1S/C11H11N5O/c12-8-3-1-7(2-4-8)11-14-13-10-5-9(6-17)15-16(10)11/h1-5,15,17H,6,12H2. The lowest BCUT2D eigenvalue weighted by molar-refractivity contribution is 0.276. The van der Waals surface area contributed by atoms with Crippen LogP contribution in [0.25, 0.3) is 17.0 Å². The van der Waals surface area contributed by atoms with E-state index in [4.69, 9.17) is 10.8 Å². The van der Waals surface area contributed by atoms with E-state index in [0.717, 1.165) is 5.56 Å². The van der Waals surface area contributed by atoms with Gasteiger partial charge >= 0.3 is 0 Å². The van der Waals surface area contributed by atoms with Crippen molar-refractivity contribution in [3.8, 4) is 11.4 Å². The average molecular weight is 229 g/mol. The van der Waals surface area contributed by atoms with Gasteiger partial charge in [-0.05, 0) is 24.3 Å². The van der Waals surface area contributed by atoms with Gasteiger partial charge in [0.25, 0.3) is 0 Å². The normalized spacial score (nSPS) is 11.1.